The fourth-order valence-corrected chi connectivity index (χ4v) is 3.36. The summed E-state index contributed by atoms with van der Waals surface area (Å²) in [5.41, 5.74) is 5.61. The van der Waals surface area contributed by atoms with Crippen molar-refractivity contribution in [2.75, 3.05) is 6.54 Å². The van der Waals surface area contributed by atoms with E-state index in [2.05, 4.69) is 20.4 Å². The van der Waals surface area contributed by atoms with Gasteiger partial charge in [-0.05, 0) is 44.9 Å². The molecule has 0 aliphatic rings. The molecule has 0 radical (unpaired) electrons. The van der Waals surface area contributed by atoms with Crippen LogP contribution in [0.25, 0.3) is 5.82 Å². The Balaban J connectivity index is 1.69. The van der Waals surface area contributed by atoms with E-state index in [1.165, 1.54) is 11.3 Å². The van der Waals surface area contributed by atoms with E-state index in [1.807, 2.05) is 43.7 Å². The molecule has 0 fully saturated rings. The molecule has 0 unspecified atom stereocenters. The molecule has 7 heteroatoms. The van der Waals surface area contributed by atoms with E-state index >= 15 is 0 Å². The molecule has 0 saturated heterocycles. The molecule has 0 aromatic carbocycles. The van der Waals surface area contributed by atoms with E-state index < -0.39 is 0 Å². The normalized spacial score (nSPS) is 10.8. The molecule has 1 N–H and O–H groups in total. The molecule has 0 saturated carbocycles. The van der Waals surface area contributed by atoms with Crippen LogP contribution in [0, 0.1) is 20.8 Å². The Morgan fingerprint density at radius 1 is 1.21 bits per heavy atom. The Morgan fingerprint density at radius 3 is 2.71 bits per heavy atom. The Hall–Kier alpha value is -2.54. The number of hydrogen-bond acceptors (Lipinski definition) is 5. The molecule has 124 valence electrons. The van der Waals surface area contributed by atoms with Crippen LogP contribution >= 0.6 is 11.3 Å². The van der Waals surface area contributed by atoms with Gasteiger partial charge in [0.2, 0.25) is 0 Å². The van der Waals surface area contributed by atoms with Crippen LogP contribution in [-0.2, 0) is 6.42 Å². The van der Waals surface area contributed by atoms with Crippen LogP contribution in [-0.4, -0.2) is 32.2 Å². The largest absolute Gasteiger partial charge is 0.351 e. The Kier molecular flexibility index (Phi) is 4.71. The van der Waals surface area contributed by atoms with E-state index in [4.69, 9.17) is 0 Å². The first-order chi connectivity index (χ1) is 11.6. The number of nitrogens with zero attached hydrogens (tertiary/aromatic N) is 4. The van der Waals surface area contributed by atoms with Crippen molar-refractivity contribution in [3.8, 4) is 5.82 Å². The van der Waals surface area contributed by atoms with Crippen molar-refractivity contribution in [1.82, 2.24) is 25.1 Å². The second-order valence-corrected chi connectivity index (χ2v) is 6.38. The summed E-state index contributed by atoms with van der Waals surface area (Å²) in [5.74, 6) is 0.732. The highest BCUT2D eigenvalue weighted by Crippen LogP contribution is 2.17. The van der Waals surface area contributed by atoms with Gasteiger partial charge in [-0.1, -0.05) is 6.07 Å². The van der Waals surface area contributed by atoms with E-state index in [-0.39, 0.29) is 5.91 Å². The van der Waals surface area contributed by atoms with Gasteiger partial charge in [0.05, 0.1) is 16.9 Å². The van der Waals surface area contributed by atoms with E-state index in [1.54, 1.807) is 11.7 Å². The Morgan fingerprint density at radius 2 is 2.04 bits per heavy atom. The zero-order valence-corrected chi connectivity index (χ0v) is 14.7. The number of pyridine rings is 1. The third-order valence-corrected chi connectivity index (χ3v) is 4.85. The second kappa shape index (κ2) is 6.92. The first-order valence-corrected chi connectivity index (χ1v) is 8.60. The minimum absolute atomic E-state index is 0.0672. The summed E-state index contributed by atoms with van der Waals surface area (Å²) >= 11 is 1.36. The standard InChI is InChI=1S/C17H19N5OS/c1-11-14(7-9-19-17(23)16-12(2)20-10-24-16)13(3)22(21-11)15-6-4-5-8-18-15/h4-6,8,10H,7,9H2,1-3H3,(H,19,23). The van der Waals surface area contributed by atoms with Crippen LogP contribution in [0.1, 0.15) is 32.3 Å². The lowest BCUT2D eigenvalue weighted by Crippen LogP contribution is -2.25. The predicted molar refractivity (Wildman–Crippen MR) is 93.7 cm³/mol. The number of thiazole rings is 1. The summed E-state index contributed by atoms with van der Waals surface area (Å²) in [5, 5.41) is 7.53. The average Bonchev–Trinajstić information content (AvgIpc) is 3.13. The average molecular weight is 341 g/mol. The highest BCUT2D eigenvalue weighted by molar-refractivity contribution is 7.11. The van der Waals surface area contributed by atoms with E-state index in [9.17, 15) is 4.79 Å². The summed E-state index contributed by atoms with van der Waals surface area (Å²) in [6, 6.07) is 5.75. The second-order valence-electron chi connectivity index (χ2n) is 5.52. The summed E-state index contributed by atoms with van der Waals surface area (Å²) in [6.45, 7) is 6.42. The maximum absolute atomic E-state index is 12.1. The maximum Gasteiger partial charge on any atom is 0.263 e. The fourth-order valence-electron chi connectivity index (χ4n) is 2.64. The number of hydrogen-bond donors (Lipinski definition) is 1. The van der Waals surface area contributed by atoms with Crippen molar-refractivity contribution < 1.29 is 4.79 Å². The van der Waals surface area contributed by atoms with Gasteiger partial charge in [0.1, 0.15) is 4.88 Å². The van der Waals surface area contributed by atoms with Gasteiger partial charge in [0, 0.05) is 18.4 Å². The maximum atomic E-state index is 12.1. The first-order valence-electron chi connectivity index (χ1n) is 7.72. The van der Waals surface area contributed by atoms with Crippen LogP contribution < -0.4 is 5.32 Å². The number of aryl methyl sites for hydroxylation is 2. The molecule has 3 heterocycles. The van der Waals surface area contributed by atoms with Crippen molar-refractivity contribution in [3.05, 3.63) is 57.4 Å². The van der Waals surface area contributed by atoms with Crippen LogP contribution in [0.5, 0.6) is 0 Å². The van der Waals surface area contributed by atoms with Crippen molar-refractivity contribution in [2.24, 2.45) is 0 Å². The number of carbonyl (C=O) groups is 1. The molecule has 0 aliphatic heterocycles. The molecule has 3 aromatic heterocycles. The highest BCUT2D eigenvalue weighted by Gasteiger charge is 2.15. The predicted octanol–water partition coefficient (Wildman–Crippen LogP) is 2.62. The molecule has 3 aromatic rings. The lowest BCUT2D eigenvalue weighted by Gasteiger charge is -2.06. The van der Waals surface area contributed by atoms with Crippen LogP contribution in [0.4, 0.5) is 0 Å². The Labute approximate surface area is 144 Å². The van der Waals surface area contributed by atoms with Crippen LogP contribution in [0.3, 0.4) is 0 Å². The Bertz CT molecular complexity index is 853. The van der Waals surface area contributed by atoms with Gasteiger partial charge in [-0.25, -0.2) is 14.6 Å². The monoisotopic (exact) mass is 341 g/mol. The number of nitrogens with one attached hydrogen (secondary N) is 1. The minimum Gasteiger partial charge on any atom is -0.351 e. The van der Waals surface area contributed by atoms with Crippen molar-refractivity contribution >= 4 is 17.2 Å². The third-order valence-electron chi connectivity index (χ3n) is 3.92. The zero-order valence-electron chi connectivity index (χ0n) is 13.9. The number of rotatable bonds is 5. The summed E-state index contributed by atoms with van der Waals surface area (Å²) < 4.78 is 1.85. The quantitative estimate of drug-likeness (QED) is 0.774. The van der Waals surface area contributed by atoms with Crippen molar-refractivity contribution in [1.29, 1.82) is 0 Å². The molecule has 0 bridgehead atoms. The van der Waals surface area contributed by atoms with Gasteiger partial charge in [-0.15, -0.1) is 11.3 Å². The summed E-state index contributed by atoms with van der Waals surface area (Å²) in [6.07, 6.45) is 2.48. The lowest BCUT2D eigenvalue weighted by molar-refractivity contribution is 0.0957. The molecule has 0 atom stereocenters. The van der Waals surface area contributed by atoms with Gasteiger partial charge < -0.3 is 5.32 Å². The topological polar surface area (TPSA) is 72.7 Å². The fraction of sp³-hybridized carbons (Fsp3) is 0.294. The molecule has 1 amide bonds. The third kappa shape index (κ3) is 3.21. The van der Waals surface area contributed by atoms with Crippen molar-refractivity contribution in [3.63, 3.8) is 0 Å². The van der Waals surface area contributed by atoms with Gasteiger partial charge >= 0.3 is 0 Å². The lowest BCUT2D eigenvalue weighted by atomic mass is 10.1. The molecule has 24 heavy (non-hydrogen) atoms. The number of amides is 1. The smallest absolute Gasteiger partial charge is 0.263 e. The van der Waals surface area contributed by atoms with Crippen molar-refractivity contribution in [2.45, 2.75) is 27.2 Å². The molecule has 6 nitrogen and oxygen atoms in total. The van der Waals surface area contributed by atoms with Crippen LogP contribution in [0.2, 0.25) is 0 Å². The highest BCUT2D eigenvalue weighted by atomic mass is 32.1. The van der Waals surface area contributed by atoms with E-state index in [0.717, 1.165) is 34.9 Å². The SMILES string of the molecule is Cc1ncsc1C(=O)NCCc1c(C)nn(-c2ccccn2)c1C. The summed E-state index contributed by atoms with van der Waals surface area (Å²) in [4.78, 5) is 21.3. The number of carbonyl (C=O) groups excluding carboxylic acids is 1. The minimum atomic E-state index is -0.0672. The van der Waals surface area contributed by atoms with Gasteiger partial charge in [0.25, 0.3) is 5.91 Å². The molecule has 0 spiro atoms. The summed E-state index contributed by atoms with van der Waals surface area (Å²) in [7, 11) is 0. The molecule has 0 aliphatic carbocycles. The van der Waals surface area contributed by atoms with Gasteiger partial charge in [0.15, 0.2) is 5.82 Å². The number of aromatic nitrogens is 4. The first kappa shape index (κ1) is 16.3. The van der Waals surface area contributed by atoms with Crippen LogP contribution in [0.15, 0.2) is 29.9 Å². The van der Waals surface area contributed by atoms with Gasteiger partial charge in [-0.2, -0.15) is 5.10 Å². The van der Waals surface area contributed by atoms with Gasteiger partial charge in [-0.3, -0.25) is 4.79 Å². The van der Waals surface area contributed by atoms with E-state index in [0.29, 0.717) is 11.4 Å². The zero-order chi connectivity index (χ0) is 17.1. The molecular weight excluding hydrogens is 322 g/mol. The molecule has 3 rings (SSSR count). The molecular formula is C17H19N5OS.